The van der Waals surface area contributed by atoms with E-state index in [4.69, 9.17) is 0 Å². The van der Waals surface area contributed by atoms with E-state index in [-0.39, 0.29) is 12.5 Å². The van der Waals surface area contributed by atoms with Gasteiger partial charge in [-0.25, -0.2) is 0 Å². The van der Waals surface area contributed by atoms with E-state index in [1.165, 1.54) is 108 Å². The molecule has 2 atom stereocenters. The standard InChI is InChI=1S/C32H57NO3/c1-3-5-7-9-10-11-12-13-14-15-16-18-20-22-31(35)30(27-34)33-32(36)29-25-23-28(24-26-29)21-19-17-8-6-4-2/h23-26,30-31,34-35H,3-22,27H2,1-2H3,(H,33,36)/t30-,31-/m0/s1. The van der Waals surface area contributed by atoms with Crippen molar-refractivity contribution in [2.45, 2.75) is 154 Å². The van der Waals surface area contributed by atoms with Gasteiger partial charge in [0.2, 0.25) is 0 Å². The van der Waals surface area contributed by atoms with E-state index in [1.54, 1.807) is 0 Å². The van der Waals surface area contributed by atoms with E-state index in [1.807, 2.05) is 24.3 Å². The molecular formula is C32H57NO3. The van der Waals surface area contributed by atoms with Crippen LogP contribution in [0.15, 0.2) is 24.3 Å². The van der Waals surface area contributed by atoms with Gasteiger partial charge >= 0.3 is 0 Å². The molecule has 0 unspecified atom stereocenters. The summed E-state index contributed by atoms with van der Waals surface area (Å²) >= 11 is 0. The zero-order valence-electron chi connectivity index (χ0n) is 23.6. The van der Waals surface area contributed by atoms with Gasteiger partial charge < -0.3 is 15.5 Å². The zero-order valence-corrected chi connectivity index (χ0v) is 23.6. The number of benzene rings is 1. The third kappa shape index (κ3) is 16.4. The van der Waals surface area contributed by atoms with E-state index >= 15 is 0 Å². The summed E-state index contributed by atoms with van der Waals surface area (Å²) < 4.78 is 0. The van der Waals surface area contributed by atoms with E-state index in [0.717, 1.165) is 19.3 Å². The maximum Gasteiger partial charge on any atom is 0.251 e. The summed E-state index contributed by atoms with van der Waals surface area (Å²) in [6.45, 7) is 4.24. The number of hydrogen-bond acceptors (Lipinski definition) is 3. The number of nitrogens with one attached hydrogen (secondary N) is 1. The topological polar surface area (TPSA) is 69.6 Å². The predicted molar refractivity (Wildman–Crippen MR) is 154 cm³/mol. The van der Waals surface area contributed by atoms with Crippen LogP contribution in [-0.4, -0.2) is 34.9 Å². The number of aliphatic hydroxyl groups excluding tert-OH is 2. The van der Waals surface area contributed by atoms with Gasteiger partial charge in [0.1, 0.15) is 0 Å². The van der Waals surface area contributed by atoms with Crippen LogP contribution in [0.1, 0.15) is 152 Å². The zero-order chi connectivity index (χ0) is 26.3. The number of unbranched alkanes of at least 4 members (excludes halogenated alkanes) is 16. The summed E-state index contributed by atoms with van der Waals surface area (Å²) in [6.07, 6.45) is 24.0. The number of rotatable bonds is 24. The van der Waals surface area contributed by atoms with Gasteiger partial charge in [-0.3, -0.25) is 4.79 Å². The van der Waals surface area contributed by atoms with Crippen molar-refractivity contribution in [1.29, 1.82) is 0 Å². The molecule has 4 heteroatoms. The number of carbonyl (C=O) groups is 1. The Morgan fingerprint density at radius 2 is 1.14 bits per heavy atom. The number of carbonyl (C=O) groups excluding carboxylic acids is 1. The molecule has 1 rings (SSSR count). The molecule has 0 aliphatic carbocycles. The van der Waals surface area contributed by atoms with Crippen LogP contribution in [0.2, 0.25) is 0 Å². The fourth-order valence-corrected chi connectivity index (χ4v) is 4.84. The molecule has 0 aliphatic heterocycles. The largest absolute Gasteiger partial charge is 0.394 e. The van der Waals surface area contributed by atoms with E-state index in [2.05, 4.69) is 19.2 Å². The highest BCUT2D eigenvalue weighted by molar-refractivity contribution is 5.94. The highest BCUT2D eigenvalue weighted by Gasteiger charge is 2.20. The van der Waals surface area contributed by atoms with Crippen LogP contribution in [0.3, 0.4) is 0 Å². The second-order valence-electron chi connectivity index (χ2n) is 10.7. The smallest absolute Gasteiger partial charge is 0.251 e. The van der Waals surface area contributed by atoms with Gasteiger partial charge in [-0.2, -0.15) is 0 Å². The molecule has 0 aromatic heterocycles. The summed E-state index contributed by atoms with van der Waals surface area (Å²) in [7, 11) is 0. The SMILES string of the molecule is CCCCCCCCCCCCCCC[C@H](O)[C@H](CO)NC(=O)c1ccc(CCCCCCC)cc1. The average Bonchev–Trinajstić information content (AvgIpc) is 2.89. The lowest BCUT2D eigenvalue weighted by molar-refractivity contribution is 0.0661. The Labute approximate surface area is 222 Å². The van der Waals surface area contributed by atoms with E-state index in [0.29, 0.717) is 12.0 Å². The number of amides is 1. The molecule has 0 radical (unpaired) electrons. The van der Waals surface area contributed by atoms with Crippen LogP contribution in [0.25, 0.3) is 0 Å². The molecule has 3 N–H and O–H groups in total. The first-order chi connectivity index (χ1) is 17.6. The molecule has 4 nitrogen and oxygen atoms in total. The maximum absolute atomic E-state index is 12.6. The fraction of sp³-hybridized carbons (Fsp3) is 0.781. The first-order valence-electron chi connectivity index (χ1n) is 15.3. The number of hydrogen-bond donors (Lipinski definition) is 3. The molecule has 0 spiro atoms. The van der Waals surface area contributed by atoms with Gasteiger partial charge in [0.05, 0.1) is 18.8 Å². The lowest BCUT2D eigenvalue weighted by atomic mass is 10.0. The minimum atomic E-state index is -0.714. The van der Waals surface area contributed by atoms with Gasteiger partial charge in [-0.1, -0.05) is 135 Å². The summed E-state index contributed by atoms with van der Waals surface area (Å²) in [6, 6.07) is 7.13. The molecular weight excluding hydrogens is 446 g/mol. The van der Waals surface area contributed by atoms with Crippen molar-refractivity contribution in [3.8, 4) is 0 Å². The Morgan fingerprint density at radius 1 is 0.694 bits per heavy atom. The van der Waals surface area contributed by atoms with Gasteiger partial charge in [-0.15, -0.1) is 0 Å². The van der Waals surface area contributed by atoms with E-state index < -0.39 is 12.1 Å². The van der Waals surface area contributed by atoms with Crippen LogP contribution in [-0.2, 0) is 6.42 Å². The molecule has 1 amide bonds. The number of aliphatic hydroxyl groups is 2. The van der Waals surface area contributed by atoms with Gasteiger partial charge in [-0.05, 0) is 37.0 Å². The first kappa shape index (κ1) is 32.6. The molecule has 1 aromatic carbocycles. The minimum Gasteiger partial charge on any atom is -0.394 e. The highest BCUT2D eigenvalue weighted by atomic mass is 16.3. The second kappa shape index (κ2) is 22.8. The molecule has 0 saturated heterocycles. The Balaban J connectivity index is 2.15. The number of aryl methyl sites for hydroxylation is 1. The van der Waals surface area contributed by atoms with Gasteiger partial charge in [0.25, 0.3) is 5.91 Å². The molecule has 36 heavy (non-hydrogen) atoms. The Morgan fingerprint density at radius 3 is 1.61 bits per heavy atom. The van der Waals surface area contributed by atoms with Crippen molar-refractivity contribution < 1.29 is 15.0 Å². The molecule has 0 aliphatic rings. The Kier molecular flexibility index (Phi) is 20.7. The Bertz CT molecular complexity index is 631. The van der Waals surface area contributed by atoms with Crippen molar-refractivity contribution >= 4 is 5.91 Å². The monoisotopic (exact) mass is 503 g/mol. The molecule has 0 fully saturated rings. The van der Waals surface area contributed by atoms with Crippen molar-refractivity contribution in [2.75, 3.05) is 6.61 Å². The van der Waals surface area contributed by atoms with Crippen LogP contribution in [0.5, 0.6) is 0 Å². The van der Waals surface area contributed by atoms with Crippen LogP contribution in [0.4, 0.5) is 0 Å². The van der Waals surface area contributed by atoms with Gasteiger partial charge in [0.15, 0.2) is 0 Å². The Hall–Kier alpha value is -1.39. The van der Waals surface area contributed by atoms with Crippen molar-refractivity contribution in [3.05, 3.63) is 35.4 Å². The average molecular weight is 504 g/mol. The lowest BCUT2D eigenvalue weighted by Gasteiger charge is -2.22. The molecule has 1 aromatic rings. The summed E-state index contributed by atoms with van der Waals surface area (Å²) in [5.74, 6) is -0.229. The van der Waals surface area contributed by atoms with Crippen molar-refractivity contribution in [2.24, 2.45) is 0 Å². The highest BCUT2D eigenvalue weighted by Crippen LogP contribution is 2.15. The molecule has 208 valence electrons. The molecule has 0 heterocycles. The van der Waals surface area contributed by atoms with Crippen LogP contribution in [0, 0.1) is 0 Å². The summed E-state index contributed by atoms with van der Waals surface area (Å²) in [4.78, 5) is 12.6. The molecule has 0 bridgehead atoms. The quantitative estimate of drug-likeness (QED) is 0.125. The second-order valence-corrected chi connectivity index (χ2v) is 10.7. The lowest BCUT2D eigenvalue weighted by Crippen LogP contribution is -2.45. The van der Waals surface area contributed by atoms with Crippen molar-refractivity contribution in [1.82, 2.24) is 5.32 Å². The summed E-state index contributed by atoms with van der Waals surface area (Å²) in [5.41, 5.74) is 1.83. The van der Waals surface area contributed by atoms with E-state index in [9.17, 15) is 15.0 Å². The maximum atomic E-state index is 12.6. The normalized spacial score (nSPS) is 13.0. The predicted octanol–water partition coefficient (Wildman–Crippen LogP) is 8.13. The van der Waals surface area contributed by atoms with Gasteiger partial charge in [0, 0.05) is 5.56 Å². The van der Waals surface area contributed by atoms with Crippen LogP contribution < -0.4 is 5.32 Å². The fourth-order valence-electron chi connectivity index (χ4n) is 4.84. The third-order valence-electron chi connectivity index (χ3n) is 7.37. The van der Waals surface area contributed by atoms with Crippen molar-refractivity contribution in [3.63, 3.8) is 0 Å². The first-order valence-corrected chi connectivity index (χ1v) is 15.3. The molecule has 0 saturated carbocycles. The minimum absolute atomic E-state index is 0.229. The summed E-state index contributed by atoms with van der Waals surface area (Å²) in [5, 5.41) is 23.1. The van der Waals surface area contributed by atoms with Crippen LogP contribution >= 0.6 is 0 Å². The third-order valence-corrected chi connectivity index (χ3v) is 7.37.